The summed E-state index contributed by atoms with van der Waals surface area (Å²) in [7, 11) is 0. The molecule has 0 aliphatic rings. The lowest BCUT2D eigenvalue weighted by Gasteiger charge is -2.06. The summed E-state index contributed by atoms with van der Waals surface area (Å²) in [4.78, 5) is 11.9. The molecule has 0 spiro atoms. The molecule has 2 heteroatoms. The molecule has 0 fully saturated rings. The monoisotopic (exact) mass is 400 g/mol. The largest absolute Gasteiger partial charge is 0.356 e. The van der Waals surface area contributed by atoms with Gasteiger partial charge >= 0.3 is 0 Å². The SMILES string of the molecule is CCCCCCCCCCCCCCCCCCNC(=O)CCc1[c]cccc1. The molecule has 0 atom stereocenters. The van der Waals surface area contributed by atoms with Crippen LogP contribution in [0.4, 0.5) is 0 Å². The van der Waals surface area contributed by atoms with E-state index >= 15 is 0 Å². The van der Waals surface area contributed by atoms with Gasteiger partial charge in [-0.3, -0.25) is 4.79 Å². The molecule has 0 unspecified atom stereocenters. The van der Waals surface area contributed by atoms with Gasteiger partial charge in [0, 0.05) is 13.0 Å². The second kappa shape index (κ2) is 20.0. The van der Waals surface area contributed by atoms with Gasteiger partial charge in [0.2, 0.25) is 5.91 Å². The third kappa shape index (κ3) is 17.3. The highest BCUT2D eigenvalue weighted by Crippen LogP contribution is 2.13. The van der Waals surface area contributed by atoms with Crippen molar-refractivity contribution in [3.05, 3.63) is 35.9 Å². The average Bonchev–Trinajstić information content (AvgIpc) is 2.75. The van der Waals surface area contributed by atoms with Gasteiger partial charge in [-0.15, -0.1) is 0 Å². The summed E-state index contributed by atoms with van der Waals surface area (Å²) in [6, 6.07) is 11.1. The van der Waals surface area contributed by atoms with E-state index in [1.807, 2.05) is 24.3 Å². The van der Waals surface area contributed by atoms with Gasteiger partial charge in [-0.05, 0) is 24.5 Å². The molecule has 0 aromatic heterocycles. The minimum atomic E-state index is 0.170. The second-order valence-corrected chi connectivity index (χ2v) is 8.54. The molecule has 0 heterocycles. The zero-order valence-electron chi connectivity index (χ0n) is 19.2. The van der Waals surface area contributed by atoms with Crippen LogP contribution in [0.15, 0.2) is 24.3 Å². The fourth-order valence-electron chi connectivity index (χ4n) is 3.82. The number of amides is 1. The molecular weight excluding hydrogens is 354 g/mol. The fraction of sp³-hybridized carbons (Fsp3) is 0.741. The predicted octanol–water partition coefficient (Wildman–Crippen LogP) is 7.80. The molecule has 1 aromatic rings. The highest BCUT2D eigenvalue weighted by molar-refractivity contribution is 5.76. The van der Waals surface area contributed by atoms with Gasteiger partial charge in [-0.1, -0.05) is 128 Å². The van der Waals surface area contributed by atoms with E-state index in [2.05, 4.69) is 18.3 Å². The number of carbonyl (C=O) groups excluding carboxylic acids is 1. The Hall–Kier alpha value is -1.31. The van der Waals surface area contributed by atoms with Gasteiger partial charge in [-0.25, -0.2) is 0 Å². The molecule has 1 amide bonds. The van der Waals surface area contributed by atoms with Crippen LogP contribution in [0.5, 0.6) is 0 Å². The standard InChI is InChI=1S/C27H46NO/c1-2-3-4-5-6-7-8-9-10-11-12-13-14-15-16-20-25-28-27(29)24-23-26-21-18-17-19-22-26/h17-19,21H,2-16,20,23-25H2,1H3,(H,28,29). The summed E-state index contributed by atoms with van der Waals surface area (Å²) in [5, 5.41) is 3.05. The topological polar surface area (TPSA) is 29.1 Å². The maximum Gasteiger partial charge on any atom is 0.220 e. The van der Waals surface area contributed by atoms with Gasteiger partial charge in [0.15, 0.2) is 0 Å². The predicted molar refractivity (Wildman–Crippen MR) is 126 cm³/mol. The molecular formula is C27H46NO. The molecule has 1 N–H and O–H groups in total. The van der Waals surface area contributed by atoms with Crippen LogP contribution in [-0.2, 0) is 11.2 Å². The zero-order valence-corrected chi connectivity index (χ0v) is 19.2. The highest BCUT2D eigenvalue weighted by Gasteiger charge is 2.01. The molecule has 29 heavy (non-hydrogen) atoms. The number of hydrogen-bond donors (Lipinski definition) is 1. The van der Waals surface area contributed by atoms with Crippen LogP contribution in [0, 0.1) is 6.07 Å². The first kappa shape index (κ1) is 25.7. The van der Waals surface area contributed by atoms with Crippen LogP contribution in [0.3, 0.4) is 0 Å². The minimum absolute atomic E-state index is 0.170. The summed E-state index contributed by atoms with van der Waals surface area (Å²) < 4.78 is 0. The van der Waals surface area contributed by atoms with Crippen molar-refractivity contribution >= 4 is 5.91 Å². The van der Waals surface area contributed by atoms with E-state index in [0.29, 0.717) is 6.42 Å². The van der Waals surface area contributed by atoms with Crippen molar-refractivity contribution in [2.75, 3.05) is 6.54 Å². The number of aryl methyl sites for hydroxylation is 1. The molecule has 1 radical (unpaired) electrons. The quantitative estimate of drug-likeness (QED) is 0.222. The number of unbranched alkanes of at least 4 members (excludes halogenated alkanes) is 15. The number of hydrogen-bond acceptors (Lipinski definition) is 1. The van der Waals surface area contributed by atoms with E-state index in [4.69, 9.17) is 0 Å². The molecule has 1 aromatic carbocycles. The van der Waals surface area contributed by atoms with E-state index in [9.17, 15) is 4.79 Å². The van der Waals surface area contributed by atoms with Crippen LogP contribution in [0.25, 0.3) is 0 Å². The van der Waals surface area contributed by atoms with Gasteiger partial charge in [0.1, 0.15) is 0 Å². The Morgan fingerprint density at radius 3 is 1.76 bits per heavy atom. The zero-order chi connectivity index (χ0) is 20.8. The first-order chi connectivity index (χ1) is 14.3. The third-order valence-electron chi connectivity index (χ3n) is 5.75. The van der Waals surface area contributed by atoms with Crippen molar-refractivity contribution < 1.29 is 4.79 Å². The van der Waals surface area contributed by atoms with E-state index in [1.54, 1.807) is 0 Å². The first-order valence-corrected chi connectivity index (χ1v) is 12.5. The molecule has 165 valence electrons. The van der Waals surface area contributed by atoms with Gasteiger partial charge in [-0.2, -0.15) is 0 Å². The lowest BCUT2D eigenvalue weighted by atomic mass is 10.0. The lowest BCUT2D eigenvalue weighted by molar-refractivity contribution is -0.121. The lowest BCUT2D eigenvalue weighted by Crippen LogP contribution is -2.24. The van der Waals surface area contributed by atoms with Crippen LogP contribution in [0.2, 0.25) is 0 Å². The van der Waals surface area contributed by atoms with Gasteiger partial charge < -0.3 is 5.32 Å². The Balaban J connectivity index is 1.74. The van der Waals surface area contributed by atoms with E-state index in [1.165, 1.54) is 96.3 Å². The summed E-state index contributed by atoms with van der Waals surface area (Å²) >= 11 is 0. The number of carbonyl (C=O) groups is 1. The molecule has 0 aliphatic carbocycles. The van der Waals surface area contributed by atoms with Crippen LogP contribution in [0.1, 0.15) is 122 Å². The smallest absolute Gasteiger partial charge is 0.220 e. The minimum Gasteiger partial charge on any atom is -0.356 e. The van der Waals surface area contributed by atoms with E-state index in [-0.39, 0.29) is 5.91 Å². The van der Waals surface area contributed by atoms with Gasteiger partial charge in [0.05, 0.1) is 0 Å². The normalized spacial score (nSPS) is 10.9. The number of rotatable bonds is 20. The van der Waals surface area contributed by atoms with Crippen LogP contribution in [-0.4, -0.2) is 12.5 Å². The summed E-state index contributed by atoms with van der Waals surface area (Å²) in [6.07, 6.45) is 23.5. The molecule has 1 rings (SSSR count). The van der Waals surface area contributed by atoms with Gasteiger partial charge in [0.25, 0.3) is 0 Å². The van der Waals surface area contributed by atoms with Crippen LogP contribution < -0.4 is 5.32 Å². The highest BCUT2D eigenvalue weighted by atomic mass is 16.1. The Morgan fingerprint density at radius 1 is 0.759 bits per heavy atom. The van der Waals surface area contributed by atoms with E-state index in [0.717, 1.165) is 24.9 Å². The molecule has 2 nitrogen and oxygen atoms in total. The van der Waals surface area contributed by atoms with Crippen molar-refractivity contribution in [2.24, 2.45) is 0 Å². The van der Waals surface area contributed by atoms with Crippen molar-refractivity contribution in [1.82, 2.24) is 5.32 Å². The maximum absolute atomic E-state index is 11.9. The maximum atomic E-state index is 11.9. The molecule has 0 saturated heterocycles. The summed E-state index contributed by atoms with van der Waals surface area (Å²) in [6.45, 7) is 3.11. The fourth-order valence-corrected chi connectivity index (χ4v) is 3.82. The van der Waals surface area contributed by atoms with Crippen molar-refractivity contribution in [3.8, 4) is 0 Å². The number of benzene rings is 1. The van der Waals surface area contributed by atoms with Crippen LogP contribution >= 0.6 is 0 Å². The number of nitrogens with one attached hydrogen (secondary N) is 1. The first-order valence-electron chi connectivity index (χ1n) is 12.5. The Bertz CT molecular complexity index is 471. The molecule has 0 bridgehead atoms. The third-order valence-corrected chi connectivity index (χ3v) is 5.75. The van der Waals surface area contributed by atoms with Crippen molar-refractivity contribution in [1.29, 1.82) is 0 Å². The van der Waals surface area contributed by atoms with Crippen molar-refractivity contribution in [2.45, 2.75) is 122 Å². The Kier molecular flexibility index (Phi) is 17.7. The Morgan fingerprint density at radius 2 is 1.28 bits per heavy atom. The molecule has 0 saturated carbocycles. The Labute approximate surface area is 181 Å². The summed E-state index contributed by atoms with van der Waals surface area (Å²) in [5.41, 5.74) is 1.12. The molecule has 0 aliphatic heterocycles. The average molecular weight is 401 g/mol. The van der Waals surface area contributed by atoms with Crippen molar-refractivity contribution in [3.63, 3.8) is 0 Å². The van der Waals surface area contributed by atoms with E-state index < -0.39 is 0 Å². The second-order valence-electron chi connectivity index (χ2n) is 8.54. The summed E-state index contributed by atoms with van der Waals surface area (Å²) in [5.74, 6) is 0.170.